The Labute approximate surface area is 142 Å². The van der Waals surface area contributed by atoms with Gasteiger partial charge in [0, 0.05) is 12.6 Å². The number of rotatable bonds is 13. The highest BCUT2D eigenvalue weighted by atomic mass is 16.5. The fraction of sp³-hybridized carbons (Fsp3) is 0.700. The molecule has 1 rings (SSSR count). The van der Waals surface area contributed by atoms with E-state index in [4.69, 9.17) is 10.5 Å². The first kappa shape index (κ1) is 20.0. The summed E-state index contributed by atoms with van der Waals surface area (Å²) in [7, 11) is 0. The van der Waals surface area contributed by atoms with E-state index in [1.54, 1.807) is 0 Å². The zero-order valence-corrected chi connectivity index (χ0v) is 15.0. The summed E-state index contributed by atoms with van der Waals surface area (Å²) in [6.07, 6.45) is 9.22. The van der Waals surface area contributed by atoms with E-state index in [1.807, 2.05) is 12.1 Å². The van der Waals surface area contributed by atoms with Gasteiger partial charge >= 0.3 is 0 Å². The van der Waals surface area contributed by atoms with Crippen molar-refractivity contribution in [2.45, 2.75) is 71.3 Å². The molecular weight excluding hydrogens is 286 g/mol. The molecular formula is C20H35NO2. The molecule has 3 heteroatoms. The van der Waals surface area contributed by atoms with Crippen LogP contribution in [0.1, 0.15) is 76.8 Å². The molecule has 23 heavy (non-hydrogen) atoms. The molecule has 0 saturated carbocycles. The van der Waals surface area contributed by atoms with Gasteiger partial charge in [-0.1, -0.05) is 58.1 Å². The maximum Gasteiger partial charge on any atom is 0.119 e. The van der Waals surface area contributed by atoms with Gasteiger partial charge in [0.25, 0.3) is 0 Å². The minimum atomic E-state index is -0.0122. The first-order valence-electron chi connectivity index (χ1n) is 9.30. The van der Waals surface area contributed by atoms with Gasteiger partial charge in [-0.3, -0.25) is 0 Å². The van der Waals surface area contributed by atoms with Crippen LogP contribution in [0.15, 0.2) is 24.3 Å². The molecule has 0 spiro atoms. The SMILES string of the molecule is CCCCCCCOc1ccc([C@H](N)CC(CO)CCC)cc1. The first-order valence-corrected chi connectivity index (χ1v) is 9.30. The van der Waals surface area contributed by atoms with Crippen molar-refractivity contribution >= 4 is 0 Å². The first-order chi connectivity index (χ1) is 11.2. The van der Waals surface area contributed by atoms with Crippen molar-refractivity contribution in [1.82, 2.24) is 0 Å². The summed E-state index contributed by atoms with van der Waals surface area (Å²) >= 11 is 0. The van der Waals surface area contributed by atoms with E-state index >= 15 is 0 Å². The molecule has 0 aliphatic rings. The van der Waals surface area contributed by atoms with E-state index in [-0.39, 0.29) is 12.6 Å². The number of aliphatic hydroxyl groups is 1. The minimum Gasteiger partial charge on any atom is -0.494 e. The van der Waals surface area contributed by atoms with E-state index < -0.39 is 0 Å². The van der Waals surface area contributed by atoms with Crippen molar-refractivity contribution in [3.05, 3.63) is 29.8 Å². The van der Waals surface area contributed by atoms with Crippen molar-refractivity contribution < 1.29 is 9.84 Å². The Morgan fingerprint density at radius 2 is 1.70 bits per heavy atom. The zero-order chi connectivity index (χ0) is 16.9. The number of unbranched alkanes of at least 4 members (excludes halogenated alkanes) is 4. The quantitative estimate of drug-likeness (QED) is 0.511. The van der Waals surface area contributed by atoms with E-state index in [0.717, 1.165) is 43.6 Å². The summed E-state index contributed by atoms with van der Waals surface area (Å²) in [6, 6.07) is 8.11. The van der Waals surface area contributed by atoms with Gasteiger partial charge in [-0.25, -0.2) is 0 Å². The van der Waals surface area contributed by atoms with Crippen LogP contribution < -0.4 is 10.5 Å². The largest absolute Gasteiger partial charge is 0.494 e. The van der Waals surface area contributed by atoms with Crippen molar-refractivity contribution in [2.75, 3.05) is 13.2 Å². The Balaban J connectivity index is 2.34. The lowest BCUT2D eigenvalue weighted by molar-refractivity contribution is 0.202. The van der Waals surface area contributed by atoms with Crippen LogP contribution >= 0.6 is 0 Å². The number of aliphatic hydroxyl groups excluding tert-OH is 1. The van der Waals surface area contributed by atoms with Crippen LogP contribution in [0.5, 0.6) is 5.75 Å². The molecule has 0 bridgehead atoms. The highest BCUT2D eigenvalue weighted by Crippen LogP contribution is 2.24. The topological polar surface area (TPSA) is 55.5 Å². The van der Waals surface area contributed by atoms with Crippen molar-refractivity contribution in [3.63, 3.8) is 0 Å². The summed E-state index contributed by atoms with van der Waals surface area (Å²) < 4.78 is 5.78. The summed E-state index contributed by atoms with van der Waals surface area (Å²) in [6.45, 7) is 5.38. The summed E-state index contributed by atoms with van der Waals surface area (Å²) in [4.78, 5) is 0. The Kier molecular flexibility index (Phi) is 10.8. The second-order valence-electron chi connectivity index (χ2n) is 6.51. The predicted molar refractivity (Wildman–Crippen MR) is 97.7 cm³/mol. The monoisotopic (exact) mass is 321 g/mol. The average Bonchev–Trinajstić information content (AvgIpc) is 2.58. The molecule has 1 aromatic rings. The molecule has 2 atom stereocenters. The van der Waals surface area contributed by atoms with Crippen molar-refractivity contribution in [2.24, 2.45) is 11.7 Å². The third kappa shape index (κ3) is 8.38. The molecule has 0 aromatic heterocycles. The van der Waals surface area contributed by atoms with Gasteiger partial charge in [-0.05, 0) is 42.9 Å². The molecule has 3 nitrogen and oxygen atoms in total. The van der Waals surface area contributed by atoms with Crippen LogP contribution in [-0.4, -0.2) is 18.3 Å². The predicted octanol–water partition coefficient (Wildman–Crippen LogP) is 4.83. The number of ether oxygens (including phenoxy) is 1. The summed E-state index contributed by atoms with van der Waals surface area (Å²) in [5, 5.41) is 9.40. The molecule has 0 aliphatic heterocycles. The Bertz CT molecular complexity index is 391. The highest BCUT2D eigenvalue weighted by Gasteiger charge is 2.13. The molecule has 132 valence electrons. The van der Waals surface area contributed by atoms with E-state index in [9.17, 15) is 5.11 Å². The van der Waals surface area contributed by atoms with Crippen LogP contribution in [-0.2, 0) is 0 Å². The minimum absolute atomic E-state index is 0.0122. The third-order valence-electron chi connectivity index (χ3n) is 4.37. The van der Waals surface area contributed by atoms with E-state index in [0.29, 0.717) is 5.92 Å². The van der Waals surface area contributed by atoms with E-state index in [2.05, 4.69) is 26.0 Å². The number of hydrogen-bond acceptors (Lipinski definition) is 3. The van der Waals surface area contributed by atoms with Gasteiger partial charge in [0.1, 0.15) is 5.75 Å². The molecule has 0 aliphatic carbocycles. The number of hydrogen-bond donors (Lipinski definition) is 2. The van der Waals surface area contributed by atoms with Crippen LogP contribution in [0.2, 0.25) is 0 Å². The van der Waals surface area contributed by atoms with Gasteiger partial charge in [-0.2, -0.15) is 0 Å². The fourth-order valence-corrected chi connectivity index (χ4v) is 2.89. The van der Waals surface area contributed by atoms with Gasteiger partial charge in [-0.15, -0.1) is 0 Å². The molecule has 0 saturated heterocycles. The van der Waals surface area contributed by atoms with Crippen LogP contribution in [0.25, 0.3) is 0 Å². The molecule has 0 heterocycles. The normalized spacial score (nSPS) is 13.7. The van der Waals surface area contributed by atoms with Crippen molar-refractivity contribution in [3.8, 4) is 5.75 Å². The standard InChI is InChI=1S/C20H35NO2/c1-3-5-6-7-8-14-23-19-12-10-18(11-13-19)20(21)15-17(16-22)9-4-2/h10-13,17,20,22H,3-9,14-16,21H2,1-2H3/t17?,20-/m1/s1. The molecule has 0 fully saturated rings. The Hall–Kier alpha value is -1.06. The Morgan fingerprint density at radius 3 is 2.30 bits per heavy atom. The lowest BCUT2D eigenvalue weighted by Gasteiger charge is -2.19. The maximum absolute atomic E-state index is 9.40. The zero-order valence-electron chi connectivity index (χ0n) is 15.0. The second-order valence-corrected chi connectivity index (χ2v) is 6.51. The number of nitrogens with two attached hydrogens (primary N) is 1. The molecule has 0 amide bonds. The van der Waals surface area contributed by atoms with Gasteiger partial charge in [0.05, 0.1) is 6.61 Å². The lowest BCUT2D eigenvalue weighted by Crippen LogP contribution is -2.17. The Morgan fingerprint density at radius 1 is 1.00 bits per heavy atom. The fourth-order valence-electron chi connectivity index (χ4n) is 2.89. The van der Waals surface area contributed by atoms with Crippen LogP contribution in [0, 0.1) is 5.92 Å². The van der Waals surface area contributed by atoms with Crippen LogP contribution in [0.4, 0.5) is 0 Å². The smallest absolute Gasteiger partial charge is 0.119 e. The summed E-state index contributed by atoms with van der Waals surface area (Å²) in [5.74, 6) is 1.22. The lowest BCUT2D eigenvalue weighted by atomic mass is 9.93. The average molecular weight is 322 g/mol. The van der Waals surface area contributed by atoms with Gasteiger partial charge in [0.15, 0.2) is 0 Å². The maximum atomic E-state index is 9.40. The van der Waals surface area contributed by atoms with Gasteiger partial charge in [0.2, 0.25) is 0 Å². The third-order valence-corrected chi connectivity index (χ3v) is 4.37. The molecule has 1 unspecified atom stereocenters. The summed E-state index contributed by atoms with van der Waals surface area (Å²) in [5.41, 5.74) is 7.39. The molecule has 0 radical (unpaired) electrons. The molecule has 3 N–H and O–H groups in total. The van der Waals surface area contributed by atoms with E-state index in [1.165, 1.54) is 25.7 Å². The van der Waals surface area contributed by atoms with Gasteiger partial charge < -0.3 is 15.6 Å². The molecule has 1 aromatic carbocycles. The van der Waals surface area contributed by atoms with Crippen LogP contribution in [0.3, 0.4) is 0 Å². The highest BCUT2D eigenvalue weighted by molar-refractivity contribution is 5.29. The number of benzene rings is 1. The van der Waals surface area contributed by atoms with Crippen molar-refractivity contribution in [1.29, 1.82) is 0 Å². The second kappa shape index (κ2) is 12.4.